The summed E-state index contributed by atoms with van der Waals surface area (Å²) >= 11 is 0. The Morgan fingerprint density at radius 1 is 1.33 bits per heavy atom. The molecule has 104 valence electrons. The molecule has 0 aromatic heterocycles. The molecule has 1 saturated carbocycles. The van der Waals surface area contributed by atoms with Gasteiger partial charge in [0.2, 0.25) is 5.91 Å². The molecule has 0 aromatic carbocycles. The molecule has 1 heterocycles. The van der Waals surface area contributed by atoms with Crippen molar-refractivity contribution in [3.8, 4) is 0 Å². The van der Waals surface area contributed by atoms with Crippen LogP contribution in [0, 0.1) is 5.92 Å². The summed E-state index contributed by atoms with van der Waals surface area (Å²) in [5.74, 6) is 0.970. The average molecular weight is 254 g/mol. The van der Waals surface area contributed by atoms with E-state index < -0.39 is 0 Å². The van der Waals surface area contributed by atoms with Gasteiger partial charge in [0.05, 0.1) is 12.6 Å². The summed E-state index contributed by atoms with van der Waals surface area (Å²) in [4.78, 5) is 14.3. The Labute approximate surface area is 110 Å². The first kappa shape index (κ1) is 13.8. The zero-order valence-corrected chi connectivity index (χ0v) is 11.7. The van der Waals surface area contributed by atoms with Crippen LogP contribution in [0.15, 0.2) is 0 Å². The van der Waals surface area contributed by atoms with Crippen molar-refractivity contribution in [1.82, 2.24) is 10.2 Å². The third-order valence-electron chi connectivity index (χ3n) is 4.04. The van der Waals surface area contributed by atoms with E-state index in [1.54, 1.807) is 7.11 Å². The van der Waals surface area contributed by atoms with Crippen LogP contribution in [-0.2, 0) is 9.53 Å². The minimum Gasteiger partial charge on any atom is -0.383 e. The predicted octanol–water partition coefficient (Wildman–Crippen LogP) is 1.40. The molecule has 1 N–H and O–H groups in total. The van der Waals surface area contributed by atoms with Crippen LogP contribution < -0.4 is 5.32 Å². The molecule has 0 spiro atoms. The van der Waals surface area contributed by atoms with Crippen LogP contribution in [0.5, 0.6) is 0 Å². The highest BCUT2D eigenvalue weighted by atomic mass is 16.5. The largest absolute Gasteiger partial charge is 0.383 e. The minimum atomic E-state index is -0.0798. The molecule has 1 aliphatic carbocycles. The van der Waals surface area contributed by atoms with Crippen LogP contribution in [0.1, 0.15) is 39.0 Å². The molecule has 18 heavy (non-hydrogen) atoms. The Bertz CT molecular complexity index is 273. The molecule has 1 saturated heterocycles. The number of methoxy groups -OCH3 is 1. The number of ether oxygens (including phenoxy) is 1. The van der Waals surface area contributed by atoms with Gasteiger partial charge in [-0.25, -0.2) is 0 Å². The predicted molar refractivity (Wildman–Crippen MR) is 71.4 cm³/mol. The summed E-state index contributed by atoms with van der Waals surface area (Å²) < 4.78 is 5.24. The van der Waals surface area contributed by atoms with Crippen molar-refractivity contribution < 1.29 is 9.53 Å². The molecular formula is C14H26N2O2. The molecular weight excluding hydrogens is 228 g/mol. The van der Waals surface area contributed by atoms with Gasteiger partial charge in [0.25, 0.3) is 0 Å². The maximum Gasteiger partial charge on any atom is 0.239 e. The highest BCUT2D eigenvalue weighted by Crippen LogP contribution is 2.33. The number of hydrogen-bond donors (Lipinski definition) is 1. The van der Waals surface area contributed by atoms with Gasteiger partial charge >= 0.3 is 0 Å². The number of carbonyl (C=O) groups is 1. The molecule has 2 fully saturated rings. The van der Waals surface area contributed by atoms with Gasteiger partial charge in [-0.1, -0.05) is 0 Å². The van der Waals surface area contributed by atoms with Crippen molar-refractivity contribution in [1.29, 1.82) is 0 Å². The number of rotatable bonds is 6. The van der Waals surface area contributed by atoms with Crippen molar-refractivity contribution in [3.05, 3.63) is 0 Å². The number of likely N-dealkylation sites (tertiary alicyclic amines) is 1. The fraction of sp³-hybridized carbons (Fsp3) is 0.929. The molecule has 0 bridgehead atoms. The van der Waals surface area contributed by atoms with E-state index in [2.05, 4.69) is 5.32 Å². The SMILES string of the molecule is COCC(NC(C)C(=O)N1CCCCC1)C1CC1. The second-order valence-corrected chi connectivity index (χ2v) is 5.67. The smallest absolute Gasteiger partial charge is 0.239 e. The maximum absolute atomic E-state index is 12.3. The van der Waals surface area contributed by atoms with E-state index in [1.165, 1.54) is 19.3 Å². The monoisotopic (exact) mass is 254 g/mol. The average Bonchev–Trinajstić information content (AvgIpc) is 3.22. The van der Waals surface area contributed by atoms with Gasteiger partial charge in [0, 0.05) is 26.2 Å². The number of hydrogen-bond acceptors (Lipinski definition) is 3. The van der Waals surface area contributed by atoms with Gasteiger partial charge in [0.1, 0.15) is 0 Å². The van der Waals surface area contributed by atoms with Crippen molar-refractivity contribution in [2.45, 2.75) is 51.1 Å². The molecule has 2 aliphatic rings. The van der Waals surface area contributed by atoms with E-state index in [9.17, 15) is 4.79 Å². The Morgan fingerprint density at radius 2 is 2.00 bits per heavy atom. The Morgan fingerprint density at radius 3 is 2.56 bits per heavy atom. The Kier molecular flexibility index (Phi) is 5.01. The van der Waals surface area contributed by atoms with Crippen molar-refractivity contribution in [2.75, 3.05) is 26.8 Å². The molecule has 2 rings (SSSR count). The molecule has 1 aliphatic heterocycles. The summed E-state index contributed by atoms with van der Waals surface area (Å²) in [5, 5.41) is 3.46. The first-order chi connectivity index (χ1) is 8.72. The van der Waals surface area contributed by atoms with E-state index in [1.807, 2.05) is 11.8 Å². The van der Waals surface area contributed by atoms with Gasteiger partial charge in [-0.2, -0.15) is 0 Å². The zero-order valence-electron chi connectivity index (χ0n) is 11.7. The van der Waals surface area contributed by atoms with Crippen LogP contribution in [0.4, 0.5) is 0 Å². The van der Waals surface area contributed by atoms with Crippen LogP contribution in [0.2, 0.25) is 0 Å². The highest BCUT2D eigenvalue weighted by molar-refractivity contribution is 5.81. The molecule has 0 aromatic rings. The van der Waals surface area contributed by atoms with E-state index in [0.29, 0.717) is 18.6 Å². The number of piperidine rings is 1. The lowest BCUT2D eigenvalue weighted by Crippen LogP contribution is -2.51. The Hall–Kier alpha value is -0.610. The fourth-order valence-corrected chi connectivity index (χ4v) is 2.78. The third-order valence-corrected chi connectivity index (χ3v) is 4.04. The quantitative estimate of drug-likeness (QED) is 0.779. The Balaban J connectivity index is 1.81. The van der Waals surface area contributed by atoms with Gasteiger partial charge in [0.15, 0.2) is 0 Å². The summed E-state index contributed by atoms with van der Waals surface area (Å²) in [5.41, 5.74) is 0. The topological polar surface area (TPSA) is 41.6 Å². The second-order valence-electron chi connectivity index (χ2n) is 5.67. The summed E-state index contributed by atoms with van der Waals surface area (Å²) in [7, 11) is 1.73. The standard InChI is InChI=1S/C14H26N2O2/c1-11(14(17)16-8-4-3-5-9-16)15-13(10-18-2)12-6-7-12/h11-13,15H,3-10H2,1-2H3. The molecule has 2 unspecified atom stereocenters. The van der Waals surface area contributed by atoms with Crippen LogP contribution >= 0.6 is 0 Å². The fourth-order valence-electron chi connectivity index (χ4n) is 2.78. The second kappa shape index (κ2) is 6.53. The first-order valence-corrected chi connectivity index (χ1v) is 7.26. The van der Waals surface area contributed by atoms with Gasteiger partial charge in [-0.15, -0.1) is 0 Å². The van der Waals surface area contributed by atoms with Gasteiger partial charge in [-0.3, -0.25) is 4.79 Å². The van der Waals surface area contributed by atoms with Crippen LogP contribution in [0.25, 0.3) is 0 Å². The normalized spacial score (nSPS) is 23.8. The summed E-state index contributed by atoms with van der Waals surface area (Å²) in [6, 6.07) is 0.266. The van der Waals surface area contributed by atoms with Gasteiger partial charge in [-0.05, 0) is 44.9 Å². The summed E-state index contributed by atoms with van der Waals surface area (Å²) in [6.07, 6.45) is 6.11. The van der Waals surface area contributed by atoms with Crippen LogP contribution in [-0.4, -0.2) is 49.7 Å². The van der Waals surface area contributed by atoms with E-state index in [4.69, 9.17) is 4.74 Å². The van der Waals surface area contributed by atoms with E-state index in [-0.39, 0.29) is 11.9 Å². The lowest BCUT2D eigenvalue weighted by atomic mass is 10.1. The van der Waals surface area contributed by atoms with Crippen molar-refractivity contribution in [3.63, 3.8) is 0 Å². The number of carbonyl (C=O) groups excluding carboxylic acids is 1. The van der Waals surface area contributed by atoms with E-state index >= 15 is 0 Å². The number of nitrogens with one attached hydrogen (secondary N) is 1. The lowest BCUT2D eigenvalue weighted by Gasteiger charge is -2.31. The summed E-state index contributed by atoms with van der Waals surface area (Å²) in [6.45, 7) is 4.57. The van der Waals surface area contributed by atoms with Crippen LogP contribution in [0.3, 0.4) is 0 Å². The minimum absolute atomic E-state index is 0.0798. The van der Waals surface area contributed by atoms with Crippen molar-refractivity contribution in [2.24, 2.45) is 5.92 Å². The zero-order chi connectivity index (χ0) is 13.0. The first-order valence-electron chi connectivity index (χ1n) is 7.26. The maximum atomic E-state index is 12.3. The number of amides is 1. The molecule has 0 radical (unpaired) electrons. The third kappa shape index (κ3) is 3.69. The number of nitrogens with zero attached hydrogens (tertiary/aromatic N) is 1. The molecule has 4 nitrogen and oxygen atoms in total. The van der Waals surface area contributed by atoms with Gasteiger partial charge < -0.3 is 15.0 Å². The van der Waals surface area contributed by atoms with E-state index in [0.717, 1.165) is 25.9 Å². The molecule has 1 amide bonds. The molecule has 4 heteroatoms. The molecule has 2 atom stereocenters. The highest BCUT2D eigenvalue weighted by Gasteiger charge is 2.33. The van der Waals surface area contributed by atoms with Crippen molar-refractivity contribution >= 4 is 5.91 Å². The lowest BCUT2D eigenvalue weighted by molar-refractivity contribution is -0.134.